The molecule has 1 saturated carbocycles. The zero-order chi connectivity index (χ0) is 11.3. The van der Waals surface area contributed by atoms with Gasteiger partial charge in [-0.3, -0.25) is 0 Å². The molecule has 0 heterocycles. The number of rotatable bonds is 6. The summed E-state index contributed by atoms with van der Waals surface area (Å²) >= 11 is 0. The van der Waals surface area contributed by atoms with Crippen LogP contribution in [0.5, 0.6) is 0 Å². The molecule has 1 aliphatic rings. The van der Waals surface area contributed by atoms with Crippen LogP contribution in [-0.2, 0) is 0 Å². The van der Waals surface area contributed by atoms with E-state index in [0.717, 1.165) is 18.3 Å². The third kappa shape index (κ3) is 3.24. The average molecular weight is 207 g/mol. The van der Waals surface area contributed by atoms with Crippen LogP contribution in [0.4, 0.5) is 0 Å². The average Bonchev–Trinajstić information content (AvgIpc) is 2.21. The Labute approximate surface area is 95.0 Å². The van der Waals surface area contributed by atoms with Gasteiger partial charge in [-0.25, -0.2) is 0 Å². The molecule has 0 aromatic carbocycles. The van der Waals surface area contributed by atoms with Crippen molar-refractivity contribution in [2.45, 2.75) is 65.0 Å². The van der Waals surface area contributed by atoms with E-state index in [1.54, 1.807) is 0 Å². The number of hydrogen-bond acceptors (Lipinski definition) is 1. The van der Waals surface area contributed by atoms with Crippen molar-refractivity contribution < 1.29 is 0 Å². The van der Waals surface area contributed by atoms with E-state index >= 15 is 0 Å². The van der Waals surface area contributed by atoms with Gasteiger partial charge in [-0.15, -0.1) is 12.3 Å². The molecule has 1 nitrogen and oxygen atoms in total. The minimum atomic E-state index is 0.648. The van der Waals surface area contributed by atoms with E-state index in [9.17, 15) is 0 Å². The van der Waals surface area contributed by atoms with Gasteiger partial charge >= 0.3 is 0 Å². The zero-order valence-corrected chi connectivity index (χ0v) is 10.4. The molecular formula is C14H25N. The Bertz CT molecular complexity index is 216. The van der Waals surface area contributed by atoms with Crippen molar-refractivity contribution in [3.8, 4) is 12.3 Å². The molecule has 1 heteroatoms. The van der Waals surface area contributed by atoms with Crippen LogP contribution in [0.1, 0.15) is 52.9 Å². The monoisotopic (exact) mass is 207 g/mol. The van der Waals surface area contributed by atoms with Gasteiger partial charge in [0.2, 0.25) is 0 Å². The fraction of sp³-hybridized carbons (Fsp3) is 0.857. The summed E-state index contributed by atoms with van der Waals surface area (Å²) in [6.07, 6.45) is 11.5. The first-order valence-electron chi connectivity index (χ1n) is 6.42. The lowest BCUT2D eigenvalue weighted by atomic mass is 9.67. The first-order valence-corrected chi connectivity index (χ1v) is 6.42. The van der Waals surface area contributed by atoms with Gasteiger partial charge in [0.05, 0.1) is 0 Å². The highest BCUT2D eigenvalue weighted by Crippen LogP contribution is 2.38. The molecule has 1 fully saturated rings. The second kappa shape index (κ2) is 6.18. The summed E-state index contributed by atoms with van der Waals surface area (Å²) in [6, 6.07) is 1.34. The Kier molecular flexibility index (Phi) is 5.19. The molecule has 4 unspecified atom stereocenters. The largest absolute Gasteiger partial charge is 0.311 e. The van der Waals surface area contributed by atoms with Gasteiger partial charge in [0.15, 0.2) is 0 Å². The van der Waals surface area contributed by atoms with Gasteiger partial charge in [0, 0.05) is 18.5 Å². The molecule has 0 spiro atoms. The van der Waals surface area contributed by atoms with E-state index in [0.29, 0.717) is 12.1 Å². The van der Waals surface area contributed by atoms with E-state index in [-0.39, 0.29) is 0 Å². The lowest BCUT2D eigenvalue weighted by Crippen LogP contribution is -2.54. The molecule has 1 N–H and O–H groups in total. The van der Waals surface area contributed by atoms with Crippen LogP contribution in [0.2, 0.25) is 0 Å². The fourth-order valence-electron chi connectivity index (χ4n) is 2.77. The summed E-state index contributed by atoms with van der Waals surface area (Å²) in [5.41, 5.74) is 0. The standard InChI is InChI=1S/C14H25N/c1-5-8-11(4)15-14-12(7-3)10-13(14)9-6-2/h2,11-15H,5,7-10H2,1,3-4H3. The molecule has 1 rings (SSSR count). The van der Waals surface area contributed by atoms with Crippen LogP contribution < -0.4 is 5.32 Å². The van der Waals surface area contributed by atoms with Crippen molar-refractivity contribution >= 4 is 0 Å². The Balaban J connectivity index is 2.38. The molecule has 4 atom stereocenters. The number of nitrogens with one attached hydrogen (secondary N) is 1. The SMILES string of the molecule is C#CCC1CC(CC)C1NC(C)CCC. The first kappa shape index (κ1) is 12.6. The van der Waals surface area contributed by atoms with Gasteiger partial charge in [0.25, 0.3) is 0 Å². The van der Waals surface area contributed by atoms with Gasteiger partial charge in [-0.1, -0.05) is 26.7 Å². The number of terminal acetylenes is 1. The molecule has 0 aliphatic heterocycles. The summed E-state index contributed by atoms with van der Waals surface area (Å²) in [5, 5.41) is 3.76. The predicted octanol–water partition coefficient (Wildman–Crippen LogP) is 3.20. The van der Waals surface area contributed by atoms with Gasteiger partial charge in [0.1, 0.15) is 0 Å². The maximum Gasteiger partial charge on any atom is 0.0135 e. The molecule has 0 saturated heterocycles. The molecule has 1 aliphatic carbocycles. The van der Waals surface area contributed by atoms with Gasteiger partial charge in [-0.2, -0.15) is 0 Å². The molecular weight excluding hydrogens is 182 g/mol. The van der Waals surface area contributed by atoms with Crippen molar-refractivity contribution in [3.63, 3.8) is 0 Å². The fourth-order valence-corrected chi connectivity index (χ4v) is 2.77. The van der Waals surface area contributed by atoms with Crippen LogP contribution in [-0.4, -0.2) is 12.1 Å². The highest BCUT2D eigenvalue weighted by Gasteiger charge is 2.39. The summed E-state index contributed by atoms with van der Waals surface area (Å²) in [4.78, 5) is 0. The van der Waals surface area contributed by atoms with E-state index in [2.05, 4.69) is 32.0 Å². The van der Waals surface area contributed by atoms with Crippen LogP contribution in [0.3, 0.4) is 0 Å². The van der Waals surface area contributed by atoms with Crippen LogP contribution in [0, 0.1) is 24.2 Å². The Morgan fingerprint density at radius 2 is 2.13 bits per heavy atom. The Morgan fingerprint density at radius 1 is 1.40 bits per heavy atom. The second-order valence-electron chi connectivity index (χ2n) is 4.95. The predicted molar refractivity (Wildman–Crippen MR) is 66.6 cm³/mol. The lowest BCUT2D eigenvalue weighted by molar-refractivity contribution is 0.0981. The zero-order valence-electron chi connectivity index (χ0n) is 10.4. The van der Waals surface area contributed by atoms with Crippen LogP contribution in [0.15, 0.2) is 0 Å². The van der Waals surface area contributed by atoms with Crippen LogP contribution >= 0.6 is 0 Å². The third-order valence-electron chi connectivity index (χ3n) is 3.72. The van der Waals surface area contributed by atoms with Crippen molar-refractivity contribution in [2.75, 3.05) is 0 Å². The lowest BCUT2D eigenvalue weighted by Gasteiger charge is -2.46. The highest BCUT2D eigenvalue weighted by atomic mass is 15.0. The quantitative estimate of drug-likeness (QED) is 0.660. The molecule has 86 valence electrons. The molecule has 0 bridgehead atoms. The molecule has 0 aromatic heterocycles. The molecule has 0 amide bonds. The molecule has 0 aromatic rings. The van der Waals surface area contributed by atoms with Crippen molar-refractivity contribution in [2.24, 2.45) is 11.8 Å². The maximum atomic E-state index is 5.40. The van der Waals surface area contributed by atoms with Crippen molar-refractivity contribution in [1.29, 1.82) is 0 Å². The van der Waals surface area contributed by atoms with E-state index in [1.165, 1.54) is 25.7 Å². The summed E-state index contributed by atoms with van der Waals surface area (Å²) in [7, 11) is 0. The van der Waals surface area contributed by atoms with Crippen molar-refractivity contribution in [3.05, 3.63) is 0 Å². The normalized spacial score (nSPS) is 31.7. The first-order chi connectivity index (χ1) is 7.22. The minimum absolute atomic E-state index is 0.648. The minimum Gasteiger partial charge on any atom is -0.311 e. The molecule has 15 heavy (non-hydrogen) atoms. The Hall–Kier alpha value is -0.480. The highest BCUT2D eigenvalue weighted by molar-refractivity contribution is 5.01. The maximum absolute atomic E-state index is 5.40. The van der Waals surface area contributed by atoms with Gasteiger partial charge in [-0.05, 0) is 31.6 Å². The second-order valence-corrected chi connectivity index (χ2v) is 4.95. The van der Waals surface area contributed by atoms with Crippen molar-refractivity contribution in [1.82, 2.24) is 5.32 Å². The molecule has 0 radical (unpaired) electrons. The summed E-state index contributed by atoms with van der Waals surface area (Å²) in [6.45, 7) is 6.83. The third-order valence-corrected chi connectivity index (χ3v) is 3.72. The topological polar surface area (TPSA) is 12.0 Å². The Morgan fingerprint density at radius 3 is 2.67 bits per heavy atom. The summed E-state index contributed by atoms with van der Waals surface area (Å²) < 4.78 is 0. The van der Waals surface area contributed by atoms with Crippen LogP contribution in [0.25, 0.3) is 0 Å². The van der Waals surface area contributed by atoms with E-state index in [1.807, 2.05) is 0 Å². The summed E-state index contributed by atoms with van der Waals surface area (Å²) in [5.74, 6) is 4.41. The smallest absolute Gasteiger partial charge is 0.0135 e. The van der Waals surface area contributed by atoms with E-state index < -0.39 is 0 Å². The number of hydrogen-bond donors (Lipinski definition) is 1. The van der Waals surface area contributed by atoms with Gasteiger partial charge < -0.3 is 5.32 Å². The van der Waals surface area contributed by atoms with E-state index in [4.69, 9.17) is 6.42 Å².